The van der Waals surface area contributed by atoms with E-state index in [1.165, 1.54) is 40.8 Å². The summed E-state index contributed by atoms with van der Waals surface area (Å²) in [6, 6.07) is 25.6. The zero-order valence-electron chi connectivity index (χ0n) is 21.1. The molecule has 1 saturated heterocycles. The van der Waals surface area contributed by atoms with E-state index in [2.05, 4.69) is 65.2 Å². The molecular formula is C31H38N2O3. The number of hydrogen-bond acceptors (Lipinski definition) is 5. The molecule has 3 aromatic rings. The lowest BCUT2D eigenvalue weighted by atomic mass is 9.87. The van der Waals surface area contributed by atoms with Crippen LogP contribution >= 0.6 is 0 Å². The fourth-order valence-corrected chi connectivity index (χ4v) is 5.11. The minimum Gasteiger partial charge on any atom is -0.494 e. The van der Waals surface area contributed by atoms with Crippen LogP contribution in [0.2, 0.25) is 0 Å². The van der Waals surface area contributed by atoms with Crippen molar-refractivity contribution in [3.8, 4) is 5.75 Å². The summed E-state index contributed by atoms with van der Waals surface area (Å²) >= 11 is 0. The summed E-state index contributed by atoms with van der Waals surface area (Å²) in [7, 11) is 0. The fraction of sp³-hybridized carbons (Fsp3) is 0.419. The summed E-state index contributed by atoms with van der Waals surface area (Å²) in [4.78, 5) is 0. The van der Waals surface area contributed by atoms with Crippen LogP contribution in [-0.2, 0) is 29.1 Å². The molecule has 3 aromatic carbocycles. The Morgan fingerprint density at radius 2 is 1.72 bits per heavy atom. The predicted molar refractivity (Wildman–Crippen MR) is 145 cm³/mol. The Morgan fingerprint density at radius 1 is 0.833 bits per heavy atom. The molecule has 2 aliphatic heterocycles. The van der Waals surface area contributed by atoms with Crippen molar-refractivity contribution in [2.45, 2.75) is 50.9 Å². The third-order valence-electron chi connectivity index (χ3n) is 7.12. The molecule has 0 aromatic heterocycles. The molecule has 5 rings (SSSR count). The van der Waals surface area contributed by atoms with Gasteiger partial charge in [0.2, 0.25) is 0 Å². The number of fused-ring (bicyclic) bond motifs is 1. The molecule has 0 saturated carbocycles. The van der Waals surface area contributed by atoms with Crippen LogP contribution in [0.3, 0.4) is 0 Å². The zero-order chi connectivity index (χ0) is 24.4. The minimum absolute atomic E-state index is 0.163. The van der Waals surface area contributed by atoms with Crippen LogP contribution in [0.15, 0.2) is 72.8 Å². The Morgan fingerprint density at radius 3 is 2.61 bits per heavy atom. The van der Waals surface area contributed by atoms with Crippen molar-refractivity contribution in [2.24, 2.45) is 0 Å². The summed E-state index contributed by atoms with van der Waals surface area (Å²) in [6.07, 6.45) is 4.49. The second-order valence-corrected chi connectivity index (χ2v) is 9.78. The number of aryl methyl sites for hydroxylation is 1. The van der Waals surface area contributed by atoms with E-state index in [9.17, 15) is 0 Å². The van der Waals surface area contributed by atoms with Gasteiger partial charge in [-0.05, 0) is 66.3 Å². The molecular weight excluding hydrogens is 448 g/mol. The maximum atomic E-state index is 6.46. The van der Waals surface area contributed by atoms with Gasteiger partial charge in [-0.2, -0.15) is 0 Å². The SMILES string of the molecule is c1ccc(COCCCOc2ccc(C3CCNCC3OCc3ccc4c(c3)NCCC4)cc2)cc1. The van der Waals surface area contributed by atoms with Crippen LogP contribution < -0.4 is 15.4 Å². The zero-order valence-corrected chi connectivity index (χ0v) is 21.1. The van der Waals surface area contributed by atoms with E-state index in [4.69, 9.17) is 14.2 Å². The summed E-state index contributed by atoms with van der Waals surface area (Å²) < 4.78 is 18.2. The van der Waals surface area contributed by atoms with Crippen molar-refractivity contribution in [1.29, 1.82) is 0 Å². The second kappa shape index (κ2) is 12.9. The first-order chi connectivity index (χ1) is 17.8. The van der Waals surface area contributed by atoms with Crippen molar-refractivity contribution >= 4 is 5.69 Å². The van der Waals surface area contributed by atoms with Gasteiger partial charge in [-0.1, -0.05) is 54.6 Å². The molecule has 2 atom stereocenters. The lowest BCUT2D eigenvalue weighted by Gasteiger charge is -2.32. The molecule has 0 amide bonds. The Hall–Kier alpha value is -2.86. The van der Waals surface area contributed by atoms with Gasteiger partial charge in [-0.25, -0.2) is 0 Å². The third-order valence-corrected chi connectivity index (χ3v) is 7.12. The second-order valence-electron chi connectivity index (χ2n) is 9.78. The molecule has 0 spiro atoms. The van der Waals surface area contributed by atoms with Gasteiger partial charge in [0.15, 0.2) is 0 Å². The molecule has 0 bridgehead atoms. The number of anilines is 1. The number of benzene rings is 3. The van der Waals surface area contributed by atoms with Crippen LogP contribution in [0.1, 0.15) is 47.4 Å². The number of ether oxygens (including phenoxy) is 3. The first kappa shape index (κ1) is 24.8. The molecule has 190 valence electrons. The Labute approximate surface area is 215 Å². The van der Waals surface area contributed by atoms with Crippen LogP contribution in [0.4, 0.5) is 5.69 Å². The lowest BCUT2D eigenvalue weighted by Crippen LogP contribution is -2.40. The number of hydrogen-bond donors (Lipinski definition) is 2. The average Bonchev–Trinajstić information content (AvgIpc) is 2.95. The van der Waals surface area contributed by atoms with Crippen LogP contribution in [0, 0.1) is 0 Å². The first-order valence-corrected chi connectivity index (χ1v) is 13.4. The minimum atomic E-state index is 0.163. The monoisotopic (exact) mass is 486 g/mol. The van der Waals surface area contributed by atoms with Crippen molar-refractivity contribution in [3.63, 3.8) is 0 Å². The van der Waals surface area contributed by atoms with Crippen molar-refractivity contribution in [1.82, 2.24) is 5.32 Å². The van der Waals surface area contributed by atoms with Crippen molar-refractivity contribution in [3.05, 3.63) is 95.1 Å². The smallest absolute Gasteiger partial charge is 0.119 e. The van der Waals surface area contributed by atoms with E-state index in [1.807, 2.05) is 18.2 Å². The van der Waals surface area contributed by atoms with Crippen LogP contribution in [0.5, 0.6) is 5.75 Å². The van der Waals surface area contributed by atoms with E-state index in [0.717, 1.165) is 38.2 Å². The van der Waals surface area contributed by atoms with Gasteiger partial charge in [0.05, 0.1) is 32.5 Å². The summed E-state index contributed by atoms with van der Waals surface area (Å²) in [5, 5.41) is 7.04. The largest absolute Gasteiger partial charge is 0.494 e. The van der Waals surface area contributed by atoms with Gasteiger partial charge in [-0.15, -0.1) is 0 Å². The van der Waals surface area contributed by atoms with Gasteiger partial charge in [0.25, 0.3) is 0 Å². The Balaban J connectivity index is 1.07. The van der Waals surface area contributed by atoms with Gasteiger partial charge in [0, 0.05) is 31.1 Å². The Bertz CT molecular complexity index is 1070. The quantitative estimate of drug-likeness (QED) is 0.341. The topological polar surface area (TPSA) is 51.8 Å². The highest BCUT2D eigenvalue weighted by Crippen LogP contribution is 2.30. The Kier molecular flexibility index (Phi) is 8.90. The normalized spacial score (nSPS) is 19.3. The molecule has 2 aliphatic rings. The molecule has 0 aliphatic carbocycles. The number of piperidine rings is 1. The molecule has 2 unspecified atom stereocenters. The molecule has 5 heteroatoms. The van der Waals surface area contributed by atoms with E-state index < -0.39 is 0 Å². The number of rotatable bonds is 11. The van der Waals surface area contributed by atoms with Gasteiger partial charge < -0.3 is 24.8 Å². The maximum Gasteiger partial charge on any atom is 0.119 e. The predicted octanol–water partition coefficient (Wildman–Crippen LogP) is 5.69. The van der Waals surface area contributed by atoms with E-state index in [0.29, 0.717) is 32.3 Å². The molecule has 36 heavy (non-hydrogen) atoms. The molecule has 0 radical (unpaired) electrons. The highest BCUT2D eigenvalue weighted by Gasteiger charge is 2.27. The molecule has 5 nitrogen and oxygen atoms in total. The maximum absolute atomic E-state index is 6.46. The summed E-state index contributed by atoms with van der Waals surface area (Å²) in [6.45, 7) is 5.62. The third kappa shape index (κ3) is 6.88. The average molecular weight is 487 g/mol. The van der Waals surface area contributed by atoms with Gasteiger partial charge in [-0.3, -0.25) is 0 Å². The van der Waals surface area contributed by atoms with Crippen LogP contribution in [-0.4, -0.2) is 39.0 Å². The molecule has 1 fully saturated rings. The highest BCUT2D eigenvalue weighted by atomic mass is 16.5. The summed E-state index contributed by atoms with van der Waals surface area (Å²) in [5.41, 5.74) is 6.47. The lowest BCUT2D eigenvalue weighted by molar-refractivity contribution is 0.0106. The summed E-state index contributed by atoms with van der Waals surface area (Å²) in [5.74, 6) is 1.30. The van der Waals surface area contributed by atoms with Crippen LogP contribution in [0.25, 0.3) is 0 Å². The fourth-order valence-electron chi connectivity index (χ4n) is 5.11. The standard InChI is InChI=1S/C31H38N2O3/c1-2-6-24(7-3-1)22-34-18-5-19-35-28-13-11-26(12-14-28)29-15-17-32-21-31(29)36-23-25-9-10-27-8-4-16-33-30(27)20-25/h1-3,6-7,9-14,20,29,31-33H,4-5,8,15-19,21-23H2. The van der Waals surface area contributed by atoms with E-state index in [-0.39, 0.29) is 6.10 Å². The highest BCUT2D eigenvalue weighted by molar-refractivity contribution is 5.54. The van der Waals surface area contributed by atoms with Crippen molar-refractivity contribution < 1.29 is 14.2 Å². The van der Waals surface area contributed by atoms with Crippen molar-refractivity contribution in [2.75, 3.05) is 38.2 Å². The molecule has 2 N–H and O–H groups in total. The molecule has 2 heterocycles. The van der Waals surface area contributed by atoms with Gasteiger partial charge in [0.1, 0.15) is 5.75 Å². The first-order valence-electron chi connectivity index (χ1n) is 13.4. The van der Waals surface area contributed by atoms with Gasteiger partial charge >= 0.3 is 0 Å². The van der Waals surface area contributed by atoms with E-state index in [1.54, 1.807) is 0 Å². The number of nitrogens with one attached hydrogen (secondary N) is 2. The van der Waals surface area contributed by atoms with E-state index >= 15 is 0 Å².